The molecule has 11 nitrogen and oxygen atoms in total. The van der Waals surface area contributed by atoms with Gasteiger partial charge in [0.2, 0.25) is 5.91 Å². The normalized spacial score (nSPS) is 17.3. The lowest BCUT2D eigenvalue weighted by molar-refractivity contribution is -0.153. The second-order valence-electron chi connectivity index (χ2n) is 9.57. The van der Waals surface area contributed by atoms with Crippen LogP contribution in [0.5, 0.6) is 6.01 Å². The number of hydrogen-bond acceptors (Lipinski definition) is 9. The van der Waals surface area contributed by atoms with E-state index in [9.17, 15) is 18.8 Å². The molecule has 2 N–H and O–H groups in total. The lowest BCUT2D eigenvalue weighted by atomic mass is 10.2. The molecule has 3 aromatic rings. The number of hydrogen-bond donors (Lipinski definition) is 2. The topological polar surface area (TPSA) is 126 Å². The smallest absolute Gasteiger partial charge is 0.318 e. The minimum absolute atomic E-state index is 0.0465. The summed E-state index contributed by atoms with van der Waals surface area (Å²) in [6, 6.07) is 9.48. The van der Waals surface area contributed by atoms with E-state index in [4.69, 9.17) is 21.1 Å². The van der Waals surface area contributed by atoms with Crippen molar-refractivity contribution in [1.29, 1.82) is 0 Å². The van der Waals surface area contributed by atoms with Crippen LogP contribution in [0.25, 0.3) is 10.9 Å². The molecule has 0 aliphatic carbocycles. The number of ether oxygens (including phenoxy) is 2. The number of esters is 1. The van der Waals surface area contributed by atoms with Crippen molar-refractivity contribution in [2.45, 2.75) is 18.9 Å². The third kappa shape index (κ3) is 6.90. The average Bonchev–Trinajstić information content (AvgIpc) is 3.41. The molecule has 13 heteroatoms. The number of anilines is 3. The zero-order valence-corrected chi connectivity index (χ0v) is 22.8. The Hall–Kier alpha value is -4.29. The number of aromatic nitrogens is 2. The number of amides is 2. The van der Waals surface area contributed by atoms with Crippen LogP contribution >= 0.6 is 11.6 Å². The maximum absolute atomic E-state index is 13.7. The number of rotatable bonds is 9. The second-order valence-corrected chi connectivity index (χ2v) is 9.97. The number of fused-ring (bicyclic) bond motifs is 1. The van der Waals surface area contributed by atoms with E-state index in [1.54, 1.807) is 23.1 Å². The van der Waals surface area contributed by atoms with E-state index >= 15 is 0 Å². The molecule has 41 heavy (non-hydrogen) atoms. The molecular formula is C28H28ClFN6O5. The highest BCUT2D eigenvalue weighted by molar-refractivity contribution is 6.31. The van der Waals surface area contributed by atoms with E-state index in [0.29, 0.717) is 73.8 Å². The number of nitrogens with zero attached hydrogens (tertiary/aromatic N) is 4. The molecule has 2 amide bonds. The van der Waals surface area contributed by atoms with Gasteiger partial charge in [-0.15, -0.1) is 0 Å². The van der Waals surface area contributed by atoms with Crippen molar-refractivity contribution in [3.63, 3.8) is 0 Å². The summed E-state index contributed by atoms with van der Waals surface area (Å²) in [6.07, 6.45) is 1.23. The van der Waals surface area contributed by atoms with E-state index < -0.39 is 11.9 Å². The predicted molar refractivity (Wildman–Crippen MR) is 151 cm³/mol. The van der Waals surface area contributed by atoms with Crippen molar-refractivity contribution >= 4 is 57.5 Å². The van der Waals surface area contributed by atoms with Gasteiger partial charge in [-0.2, -0.15) is 9.97 Å². The molecule has 0 spiro atoms. The SMILES string of the molecule is C=CC(=O)Nc1ccc2nc(OCCN3CCN(C(=O)[C@@H]4CCC(=O)O4)CC3)nc(Nc3ccc(F)c(Cl)c3)c2c1. The van der Waals surface area contributed by atoms with Crippen molar-refractivity contribution in [3.8, 4) is 6.01 Å². The summed E-state index contributed by atoms with van der Waals surface area (Å²) in [7, 11) is 0. The Morgan fingerprint density at radius 1 is 1.15 bits per heavy atom. The molecule has 3 heterocycles. The number of piperazine rings is 1. The van der Waals surface area contributed by atoms with Gasteiger partial charge < -0.3 is 25.0 Å². The zero-order valence-electron chi connectivity index (χ0n) is 22.1. The van der Waals surface area contributed by atoms with Gasteiger partial charge in [0.15, 0.2) is 6.10 Å². The van der Waals surface area contributed by atoms with Crippen molar-refractivity contribution in [2.24, 2.45) is 0 Å². The minimum atomic E-state index is -0.662. The van der Waals surface area contributed by atoms with E-state index in [0.717, 1.165) is 0 Å². The fourth-order valence-electron chi connectivity index (χ4n) is 4.61. The summed E-state index contributed by atoms with van der Waals surface area (Å²) < 4.78 is 24.7. The quantitative estimate of drug-likeness (QED) is 0.288. The molecule has 1 aromatic heterocycles. The van der Waals surface area contributed by atoms with Crippen molar-refractivity contribution in [1.82, 2.24) is 19.8 Å². The average molecular weight is 583 g/mol. The van der Waals surface area contributed by atoms with Gasteiger partial charge in [0.1, 0.15) is 18.2 Å². The molecular weight excluding hydrogens is 555 g/mol. The lowest BCUT2D eigenvalue weighted by Gasteiger charge is -2.35. The number of carbonyl (C=O) groups is 3. The van der Waals surface area contributed by atoms with Crippen molar-refractivity contribution in [2.75, 3.05) is 50.0 Å². The summed E-state index contributed by atoms with van der Waals surface area (Å²) in [6.45, 7) is 6.75. The Labute approximate surface area is 240 Å². The van der Waals surface area contributed by atoms with E-state index in [2.05, 4.69) is 32.1 Å². The van der Waals surface area contributed by atoms with Gasteiger partial charge in [0, 0.05) is 62.3 Å². The summed E-state index contributed by atoms with van der Waals surface area (Å²) >= 11 is 5.96. The molecule has 0 unspecified atom stereocenters. The maximum atomic E-state index is 13.7. The van der Waals surface area contributed by atoms with E-state index in [1.807, 2.05) is 0 Å². The lowest BCUT2D eigenvalue weighted by Crippen LogP contribution is -2.52. The van der Waals surface area contributed by atoms with Gasteiger partial charge in [-0.05, 0) is 42.5 Å². The van der Waals surface area contributed by atoms with Crippen LogP contribution in [0.15, 0.2) is 49.1 Å². The molecule has 0 bridgehead atoms. The monoisotopic (exact) mass is 582 g/mol. The van der Waals surface area contributed by atoms with E-state index in [-0.39, 0.29) is 35.2 Å². The molecule has 5 rings (SSSR count). The standard InChI is InChI=1S/C28H28ClFN6O5/c1-2-24(37)31-17-4-6-22-19(15-17)26(32-18-3-5-21(30)20(29)16-18)34-28(33-22)40-14-13-35-9-11-36(12-10-35)27(39)23-7-8-25(38)41-23/h2-6,15-16,23H,1,7-14H2,(H,31,37)(H,32,33,34)/t23-/m0/s1. The van der Waals surface area contributed by atoms with Gasteiger partial charge in [-0.25, -0.2) is 4.39 Å². The highest BCUT2D eigenvalue weighted by Crippen LogP contribution is 2.30. The fraction of sp³-hybridized carbons (Fsp3) is 0.321. The van der Waals surface area contributed by atoms with Crippen LogP contribution in [-0.4, -0.2) is 83.0 Å². The number of nitrogens with one attached hydrogen (secondary N) is 2. The predicted octanol–water partition coefficient (Wildman–Crippen LogP) is 3.52. The van der Waals surface area contributed by atoms with Crippen LogP contribution < -0.4 is 15.4 Å². The van der Waals surface area contributed by atoms with Gasteiger partial charge in [-0.1, -0.05) is 18.2 Å². The Kier molecular flexibility index (Phi) is 8.60. The van der Waals surface area contributed by atoms with Crippen LogP contribution in [0, 0.1) is 5.82 Å². The van der Waals surface area contributed by atoms with Crippen molar-refractivity contribution in [3.05, 3.63) is 59.9 Å². The second kappa shape index (κ2) is 12.5. The fourth-order valence-corrected chi connectivity index (χ4v) is 4.79. The summed E-state index contributed by atoms with van der Waals surface area (Å²) in [5, 5.41) is 6.39. The van der Waals surface area contributed by atoms with Gasteiger partial charge in [-0.3, -0.25) is 19.3 Å². The first-order valence-electron chi connectivity index (χ1n) is 13.1. The summed E-state index contributed by atoms with van der Waals surface area (Å²) in [4.78, 5) is 48.7. The molecule has 2 saturated heterocycles. The zero-order chi connectivity index (χ0) is 28.9. The molecule has 1 atom stereocenters. The maximum Gasteiger partial charge on any atom is 0.318 e. The third-order valence-electron chi connectivity index (χ3n) is 6.79. The van der Waals surface area contributed by atoms with Crippen LogP contribution in [0.2, 0.25) is 5.02 Å². The first-order chi connectivity index (χ1) is 19.8. The first kappa shape index (κ1) is 28.2. The van der Waals surface area contributed by atoms with Gasteiger partial charge >= 0.3 is 12.0 Å². The number of carbonyl (C=O) groups excluding carboxylic acids is 3. The van der Waals surface area contributed by atoms with Gasteiger partial charge in [0.25, 0.3) is 5.91 Å². The Balaban J connectivity index is 1.25. The largest absolute Gasteiger partial charge is 0.462 e. The van der Waals surface area contributed by atoms with Crippen molar-refractivity contribution < 1.29 is 28.2 Å². The highest BCUT2D eigenvalue weighted by Gasteiger charge is 2.34. The molecule has 2 aromatic carbocycles. The Morgan fingerprint density at radius 3 is 2.63 bits per heavy atom. The van der Waals surface area contributed by atoms with Crippen LogP contribution in [0.4, 0.5) is 21.6 Å². The highest BCUT2D eigenvalue weighted by atomic mass is 35.5. The molecule has 0 saturated carbocycles. The minimum Gasteiger partial charge on any atom is -0.462 e. The number of cyclic esters (lactones) is 1. The number of benzene rings is 2. The number of halogens is 2. The molecule has 2 aliphatic rings. The molecule has 214 valence electrons. The molecule has 2 fully saturated rings. The first-order valence-corrected chi connectivity index (χ1v) is 13.5. The van der Waals surface area contributed by atoms with Gasteiger partial charge in [0.05, 0.1) is 10.5 Å². The Morgan fingerprint density at radius 2 is 1.93 bits per heavy atom. The van der Waals surface area contributed by atoms with Crippen LogP contribution in [-0.2, 0) is 19.1 Å². The summed E-state index contributed by atoms with van der Waals surface area (Å²) in [5.41, 5.74) is 1.58. The third-order valence-corrected chi connectivity index (χ3v) is 7.08. The summed E-state index contributed by atoms with van der Waals surface area (Å²) in [5.74, 6) is -0.990. The van der Waals surface area contributed by atoms with Crippen LogP contribution in [0.1, 0.15) is 12.8 Å². The Bertz CT molecular complexity index is 1500. The molecule has 2 aliphatic heterocycles. The van der Waals surface area contributed by atoms with Crippen LogP contribution in [0.3, 0.4) is 0 Å². The van der Waals surface area contributed by atoms with E-state index in [1.165, 1.54) is 24.3 Å². The molecule has 0 radical (unpaired) electrons.